The van der Waals surface area contributed by atoms with Crippen molar-refractivity contribution in [3.05, 3.63) is 40.9 Å². The van der Waals surface area contributed by atoms with Crippen LogP contribution in [0.15, 0.2) is 30.3 Å². The number of carboxylic acids is 1. The highest BCUT2D eigenvalue weighted by atomic mass is 32.1. The molecule has 6 rings (SSSR count). The summed E-state index contributed by atoms with van der Waals surface area (Å²) < 4.78 is 4.04. The number of benzene rings is 1. The third-order valence-corrected chi connectivity index (χ3v) is 7.04. The molecule has 4 bridgehead atoms. The van der Waals surface area contributed by atoms with Crippen molar-refractivity contribution < 1.29 is 9.90 Å². The SMILES string of the molecule is O=C(O)Cn1nc(C23CC4CC(CC(C4)C2)C3)n(-c2ccccc2)c1=S. The molecule has 0 amide bonds. The van der Waals surface area contributed by atoms with Crippen LogP contribution in [0.4, 0.5) is 0 Å². The number of aliphatic carboxylic acids is 1. The molecule has 0 radical (unpaired) electrons. The van der Waals surface area contributed by atoms with Crippen LogP contribution in [0.2, 0.25) is 0 Å². The minimum atomic E-state index is -0.907. The zero-order chi connectivity index (χ0) is 17.9. The van der Waals surface area contributed by atoms with Gasteiger partial charge in [-0.15, -0.1) is 0 Å². The number of carboxylic acid groups (broad SMARTS) is 1. The molecule has 2 aromatic rings. The van der Waals surface area contributed by atoms with Gasteiger partial charge in [-0.2, -0.15) is 5.10 Å². The zero-order valence-corrected chi connectivity index (χ0v) is 15.5. The molecular formula is C20H23N3O2S. The van der Waals surface area contributed by atoms with E-state index in [-0.39, 0.29) is 12.0 Å². The van der Waals surface area contributed by atoms with Gasteiger partial charge in [0.2, 0.25) is 4.77 Å². The maximum atomic E-state index is 11.3. The van der Waals surface area contributed by atoms with E-state index in [1.54, 1.807) is 0 Å². The Morgan fingerprint density at radius 2 is 1.69 bits per heavy atom. The van der Waals surface area contributed by atoms with Crippen molar-refractivity contribution in [1.82, 2.24) is 14.3 Å². The Morgan fingerprint density at radius 1 is 1.12 bits per heavy atom. The summed E-state index contributed by atoms with van der Waals surface area (Å²) in [5.74, 6) is 2.47. The van der Waals surface area contributed by atoms with Crippen LogP contribution in [-0.2, 0) is 16.8 Å². The van der Waals surface area contributed by atoms with Crippen molar-refractivity contribution in [3.63, 3.8) is 0 Å². The number of aromatic nitrogens is 3. The Bertz CT molecular complexity index is 880. The van der Waals surface area contributed by atoms with Crippen LogP contribution in [0.25, 0.3) is 5.69 Å². The summed E-state index contributed by atoms with van der Waals surface area (Å²) in [6.07, 6.45) is 7.60. The summed E-state index contributed by atoms with van der Waals surface area (Å²) in [4.78, 5) is 11.3. The minimum absolute atomic E-state index is 0.0574. The first-order valence-electron chi connectivity index (χ1n) is 9.52. The molecule has 4 aliphatic rings. The van der Waals surface area contributed by atoms with Gasteiger partial charge in [0.25, 0.3) is 0 Å². The standard InChI is InChI=1S/C20H23N3O2S/c24-17(25)12-22-19(26)23(16-4-2-1-3-5-16)18(21-22)20-9-13-6-14(10-20)8-15(7-13)11-20/h1-5,13-15H,6-12H2,(H,24,25). The Labute approximate surface area is 157 Å². The lowest BCUT2D eigenvalue weighted by Gasteiger charge is -2.56. The van der Waals surface area contributed by atoms with Crippen LogP contribution in [0.5, 0.6) is 0 Å². The summed E-state index contributed by atoms with van der Waals surface area (Å²) in [6.45, 7) is -0.183. The first-order valence-corrected chi connectivity index (χ1v) is 9.92. The highest BCUT2D eigenvalue weighted by Crippen LogP contribution is 2.60. The molecule has 4 saturated carbocycles. The molecule has 1 N–H and O–H groups in total. The second-order valence-electron chi connectivity index (χ2n) is 8.53. The predicted molar refractivity (Wildman–Crippen MR) is 99.9 cm³/mol. The van der Waals surface area contributed by atoms with Gasteiger partial charge in [0, 0.05) is 11.1 Å². The maximum Gasteiger partial charge on any atom is 0.325 e. The third kappa shape index (κ3) is 2.46. The fraction of sp³-hybridized carbons (Fsp3) is 0.550. The van der Waals surface area contributed by atoms with E-state index in [4.69, 9.17) is 17.3 Å². The number of para-hydroxylation sites is 1. The molecule has 0 saturated heterocycles. The van der Waals surface area contributed by atoms with Crippen LogP contribution < -0.4 is 0 Å². The Kier molecular flexibility index (Phi) is 3.61. The van der Waals surface area contributed by atoms with Gasteiger partial charge < -0.3 is 5.11 Å². The van der Waals surface area contributed by atoms with E-state index in [1.165, 1.54) is 43.2 Å². The monoisotopic (exact) mass is 369 g/mol. The Hall–Kier alpha value is -1.95. The Morgan fingerprint density at radius 3 is 2.23 bits per heavy atom. The zero-order valence-electron chi connectivity index (χ0n) is 14.7. The summed E-state index contributed by atoms with van der Waals surface area (Å²) in [7, 11) is 0. The van der Waals surface area contributed by atoms with Crippen molar-refractivity contribution in [2.24, 2.45) is 17.8 Å². The van der Waals surface area contributed by atoms with Gasteiger partial charge >= 0.3 is 5.97 Å². The molecule has 1 heterocycles. The molecule has 26 heavy (non-hydrogen) atoms. The first-order chi connectivity index (χ1) is 12.5. The van der Waals surface area contributed by atoms with E-state index < -0.39 is 5.97 Å². The van der Waals surface area contributed by atoms with Crippen molar-refractivity contribution in [2.75, 3.05) is 0 Å². The lowest BCUT2D eigenvalue weighted by Crippen LogP contribution is -2.49. The van der Waals surface area contributed by atoms with Crippen LogP contribution in [0.3, 0.4) is 0 Å². The maximum absolute atomic E-state index is 11.3. The molecule has 0 atom stereocenters. The van der Waals surface area contributed by atoms with E-state index in [2.05, 4.69) is 0 Å². The molecule has 1 aromatic heterocycles. The van der Waals surface area contributed by atoms with Crippen molar-refractivity contribution in [1.29, 1.82) is 0 Å². The molecular weight excluding hydrogens is 346 g/mol. The van der Waals surface area contributed by atoms with Gasteiger partial charge in [-0.05, 0) is 80.6 Å². The van der Waals surface area contributed by atoms with Crippen LogP contribution in [0, 0.1) is 22.5 Å². The van der Waals surface area contributed by atoms with E-state index in [0.29, 0.717) is 4.77 Å². The predicted octanol–water partition coefficient (Wildman–Crippen LogP) is 3.96. The number of carbonyl (C=O) groups is 1. The van der Waals surface area contributed by atoms with Crippen LogP contribution >= 0.6 is 12.2 Å². The number of hydrogen-bond acceptors (Lipinski definition) is 3. The highest BCUT2D eigenvalue weighted by molar-refractivity contribution is 7.71. The van der Waals surface area contributed by atoms with E-state index in [1.807, 2.05) is 34.9 Å². The molecule has 6 heteroatoms. The molecule has 136 valence electrons. The average Bonchev–Trinajstić information content (AvgIpc) is 2.91. The van der Waals surface area contributed by atoms with Crippen LogP contribution in [-0.4, -0.2) is 25.4 Å². The van der Waals surface area contributed by atoms with Gasteiger partial charge in [-0.3, -0.25) is 9.36 Å². The second kappa shape index (κ2) is 5.78. The topological polar surface area (TPSA) is 60.0 Å². The molecule has 0 aliphatic heterocycles. The molecule has 5 nitrogen and oxygen atoms in total. The molecule has 4 aliphatic carbocycles. The summed E-state index contributed by atoms with van der Waals surface area (Å²) >= 11 is 5.67. The Balaban J connectivity index is 1.69. The lowest BCUT2D eigenvalue weighted by atomic mass is 9.49. The summed E-state index contributed by atoms with van der Waals surface area (Å²) in [6, 6.07) is 10.0. The molecule has 4 fully saturated rings. The smallest absolute Gasteiger partial charge is 0.325 e. The third-order valence-electron chi connectivity index (χ3n) is 6.65. The molecule has 0 unspecified atom stereocenters. The average molecular weight is 369 g/mol. The fourth-order valence-corrected chi connectivity index (χ4v) is 6.47. The number of nitrogens with zero attached hydrogens (tertiary/aromatic N) is 3. The number of hydrogen-bond donors (Lipinski definition) is 1. The van der Waals surface area contributed by atoms with E-state index >= 15 is 0 Å². The van der Waals surface area contributed by atoms with E-state index in [9.17, 15) is 9.90 Å². The lowest BCUT2D eigenvalue weighted by molar-refractivity contribution is -0.137. The van der Waals surface area contributed by atoms with Gasteiger partial charge in [0.1, 0.15) is 12.4 Å². The minimum Gasteiger partial charge on any atom is -0.480 e. The van der Waals surface area contributed by atoms with Gasteiger partial charge in [0.15, 0.2) is 0 Å². The fourth-order valence-electron chi connectivity index (χ4n) is 6.18. The largest absolute Gasteiger partial charge is 0.480 e. The van der Waals surface area contributed by atoms with Crippen molar-refractivity contribution in [2.45, 2.75) is 50.5 Å². The van der Waals surface area contributed by atoms with Gasteiger partial charge in [-0.25, -0.2) is 4.68 Å². The van der Waals surface area contributed by atoms with Crippen LogP contribution in [0.1, 0.15) is 44.3 Å². The molecule has 0 spiro atoms. The number of rotatable bonds is 4. The highest BCUT2D eigenvalue weighted by Gasteiger charge is 2.54. The quantitative estimate of drug-likeness (QED) is 0.829. The summed E-state index contributed by atoms with van der Waals surface area (Å²) in [5.41, 5.74) is 1.04. The van der Waals surface area contributed by atoms with Gasteiger partial charge in [0.05, 0.1) is 0 Å². The van der Waals surface area contributed by atoms with Gasteiger partial charge in [-0.1, -0.05) is 18.2 Å². The second-order valence-corrected chi connectivity index (χ2v) is 8.89. The molecule has 1 aromatic carbocycles. The summed E-state index contributed by atoms with van der Waals surface area (Å²) in [5, 5.41) is 14.1. The first kappa shape index (κ1) is 16.2. The van der Waals surface area contributed by atoms with Crippen molar-refractivity contribution >= 4 is 18.2 Å². The van der Waals surface area contributed by atoms with E-state index in [0.717, 1.165) is 29.3 Å². The normalized spacial score (nSPS) is 32.1. The van der Waals surface area contributed by atoms with Crippen molar-refractivity contribution in [3.8, 4) is 5.69 Å².